The van der Waals surface area contributed by atoms with Crippen molar-refractivity contribution in [3.63, 3.8) is 0 Å². The fraction of sp³-hybridized carbons (Fsp3) is 0.238. The second kappa shape index (κ2) is 8.77. The topological polar surface area (TPSA) is 67.8 Å². The van der Waals surface area contributed by atoms with E-state index in [1.807, 2.05) is 43.3 Å². The van der Waals surface area contributed by atoms with E-state index in [1.165, 1.54) is 22.9 Å². The minimum absolute atomic E-state index is 0.0365. The van der Waals surface area contributed by atoms with Crippen molar-refractivity contribution in [1.82, 2.24) is 20.5 Å². The highest BCUT2D eigenvalue weighted by atomic mass is 32.2. The predicted molar refractivity (Wildman–Crippen MR) is 110 cm³/mol. The summed E-state index contributed by atoms with van der Waals surface area (Å²) in [4.78, 5) is 16.4. The molecule has 3 aromatic rings. The molecule has 0 fully saturated rings. The zero-order valence-electron chi connectivity index (χ0n) is 15.7. The van der Waals surface area contributed by atoms with Gasteiger partial charge in [-0.15, -0.1) is 10.2 Å². The average Bonchev–Trinajstić information content (AvgIpc) is 2.68. The van der Waals surface area contributed by atoms with E-state index in [0.29, 0.717) is 11.7 Å². The molecular formula is C21H22N4OS. The highest BCUT2D eigenvalue weighted by Crippen LogP contribution is 2.30. The maximum Gasteiger partial charge on any atom is 0.230 e. The zero-order valence-corrected chi connectivity index (χ0v) is 16.5. The molecule has 1 aromatic heterocycles. The summed E-state index contributed by atoms with van der Waals surface area (Å²) >= 11 is 1.29. The second-order valence-electron chi connectivity index (χ2n) is 6.27. The van der Waals surface area contributed by atoms with Gasteiger partial charge in [-0.1, -0.05) is 71.4 Å². The monoisotopic (exact) mass is 378 g/mol. The third kappa shape index (κ3) is 4.92. The molecule has 1 heterocycles. The minimum atomic E-state index is -0.0365. The number of hydrogen-bond donors (Lipinski definition) is 1. The molecule has 138 valence electrons. The van der Waals surface area contributed by atoms with Crippen LogP contribution in [0, 0.1) is 13.8 Å². The van der Waals surface area contributed by atoms with Crippen molar-refractivity contribution in [2.45, 2.75) is 25.9 Å². The van der Waals surface area contributed by atoms with E-state index in [4.69, 9.17) is 4.98 Å². The molecule has 0 atom stereocenters. The molecule has 0 saturated carbocycles. The van der Waals surface area contributed by atoms with Gasteiger partial charge in [-0.25, -0.2) is 4.98 Å². The first kappa shape index (κ1) is 19.0. The van der Waals surface area contributed by atoms with Gasteiger partial charge >= 0.3 is 0 Å². The maximum absolute atomic E-state index is 11.7. The molecule has 0 spiro atoms. The van der Waals surface area contributed by atoms with E-state index in [0.717, 1.165) is 22.5 Å². The first-order valence-corrected chi connectivity index (χ1v) is 9.83. The molecule has 0 aliphatic carbocycles. The Labute approximate surface area is 163 Å². The lowest BCUT2D eigenvalue weighted by atomic mass is 10.0. The summed E-state index contributed by atoms with van der Waals surface area (Å²) in [5, 5.41) is 11.9. The van der Waals surface area contributed by atoms with Crippen molar-refractivity contribution in [2.75, 3.05) is 12.3 Å². The number of aromatic nitrogens is 3. The third-order valence-electron chi connectivity index (χ3n) is 4.02. The fourth-order valence-electron chi connectivity index (χ4n) is 2.57. The number of amides is 1. The van der Waals surface area contributed by atoms with Crippen LogP contribution in [0.3, 0.4) is 0 Å². The van der Waals surface area contributed by atoms with Crippen LogP contribution in [0.5, 0.6) is 0 Å². The summed E-state index contributed by atoms with van der Waals surface area (Å²) < 4.78 is 0. The Balaban J connectivity index is 1.98. The Kier molecular flexibility index (Phi) is 6.19. The fourth-order valence-corrected chi connectivity index (χ4v) is 3.19. The van der Waals surface area contributed by atoms with Gasteiger partial charge in [-0.05, 0) is 20.8 Å². The van der Waals surface area contributed by atoms with Crippen LogP contribution in [-0.4, -0.2) is 33.4 Å². The molecule has 0 saturated heterocycles. The summed E-state index contributed by atoms with van der Waals surface area (Å²) in [7, 11) is 0. The SMILES string of the molecule is CCNC(=O)CSc1nnc(-c2ccc(C)cc2)c(-c2ccc(C)cc2)n1. The Morgan fingerprint density at radius 2 is 1.44 bits per heavy atom. The number of rotatable bonds is 6. The Morgan fingerprint density at radius 3 is 2.00 bits per heavy atom. The van der Waals surface area contributed by atoms with Crippen LogP contribution in [0.4, 0.5) is 0 Å². The van der Waals surface area contributed by atoms with E-state index >= 15 is 0 Å². The summed E-state index contributed by atoms with van der Waals surface area (Å²) in [6.07, 6.45) is 0. The second-order valence-corrected chi connectivity index (χ2v) is 7.21. The Morgan fingerprint density at radius 1 is 0.889 bits per heavy atom. The molecule has 0 unspecified atom stereocenters. The number of aryl methyl sites for hydroxylation is 2. The molecule has 3 rings (SSSR count). The highest BCUT2D eigenvalue weighted by molar-refractivity contribution is 7.99. The van der Waals surface area contributed by atoms with E-state index < -0.39 is 0 Å². The molecule has 0 bridgehead atoms. The lowest BCUT2D eigenvalue weighted by Gasteiger charge is -2.10. The lowest BCUT2D eigenvalue weighted by molar-refractivity contribution is -0.118. The van der Waals surface area contributed by atoms with Gasteiger partial charge in [0.25, 0.3) is 0 Å². The number of nitrogens with one attached hydrogen (secondary N) is 1. The summed E-state index contributed by atoms with van der Waals surface area (Å²) in [6, 6.07) is 16.3. The van der Waals surface area contributed by atoms with Crippen molar-refractivity contribution in [1.29, 1.82) is 0 Å². The van der Waals surface area contributed by atoms with Crippen molar-refractivity contribution < 1.29 is 4.79 Å². The third-order valence-corrected chi connectivity index (χ3v) is 4.86. The number of carbonyl (C=O) groups is 1. The van der Waals surface area contributed by atoms with Gasteiger partial charge in [-0.2, -0.15) is 0 Å². The first-order chi connectivity index (χ1) is 13.1. The first-order valence-electron chi connectivity index (χ1n) is 8.85. The van der Waals surface area contributed by atoms with Crippen molar-refractivity contribution in [3.05, 3.63) is 59.7 Å². The van der Waals surface area contributed by atoms with E-state index in [-0.39, 0.29) is 11.7 Å². The van der Waals surface area contributed by atoms with Crippen molar-refractivity contribution in [3.8, 4) is 22.5 Å². The van der Waals surface area contributed by atoms with Gasteiger partial charge in [0.05, 0.1) is 5.75 Å². The number of hydrogen-bond acceptors (Lipinski definition) is 5. The van der Waals surface area contributed by atoms with Crippen LogP contribution in [-0.2, 0) is 4.79 Å². The minimum Gasteiger partial charge on any atom is -0.356 e. The van der Waals surface area contributed by atoms with E-state index in [2.05, 4.69) is 41.5 Å². The molecule has 27 heavy (non-hydrogen) atoms. The molecule has 2 aromatic carbocycles. The molecule has 0 aliphatic rings. The van der Waals surface area contributed by atoms with E-state index in [1.54, 1.807) is 0 Å². The number of thioether (sulfide) groups is 1. The largest absolute Gasteiger partial charge is 0.356 e. The summed E-state index contributed by atoms with van der Waals surface area (Å²) in [6.45, 7) is 6.61. The average molecular weight is 379 g/mol. The van der Waals surface area contributed by atoms with Gasteiger partial charge in [-0.3, -0.25) is 4.79 Å². The van der Waals surface area contributed by atoms with Crippen LogP contribution in [0.25, 0.3) is 22.5 Å². The van der Waals surface area contributed by atoms with Crippen LogP contribution >= 0.6 is 11.8 Å². The van der Waals surface area contributed by atoms with Gasteiger partial charge in [0.15, 0.2) is 0 Å². The standard InChI is InChI=1S/C21H22N4OS/c1-4-22-18(26)13-27-21-23-19(16-9-5-14(2)6-10-16)20(24-25-21)17-11-7-15(3)8-12-17/h5-12H,4,13H2,1-3H3,(H,22,26). The van der Waals surface area contributed by atoms with Gasteiger partial charge in [0.1, 0.15) is 11.4 Å². The van der Waals surface area contributed by atoms with Crippen molar-refractivity contribution >= 4 is 17.7 Å². The van der Waals surface area contributed by atoms with Crippen LogP contribution in [0.1, 0.15) is 18.1 Å². The van der Waals surface area contributed by atoms with Crippen LogP contribution < -0.4 is 5.32 Å². The quantitative estimate of drug-likeness (QED) is 0.656. The van der Waals surface area contributed by atoms with Crippen LogP contribution in [0.15, 0.2) is 53.7 Å². The number of nitrogens with zero attached hydrogens (tertiary/aromatic N) is 3. The zero-order chi connectivity index (χ0) is 19.2. The highest BCUT2D eigenvalue weighted by Gasteiger charge is 2.14. The Hall–Kier alpha value is -2.73. The number of benzene rings is 2. The van der Waals surface area contributed by atoms with Crippen LogP contribution in [0.2, 0.25) is 0 Å². The molecule has 6 heteroatoms. The summed E-state index contributed by atoms with van der Waals surface area (Å²) in [5.41, 5.74) is 5.82. The summed E-state index contributed by atoms with van der Waals surface area (Å²) in [5.74, 6) is 0.234. The normalized spacial score (nSPS) is 10.6. The molecule has 5 nitrogen and oxygen atoms in total. The molecule has 0 radical (unpaired) electrons. The molecule has 1 N–H and O–H groups in total. The molecular weight excluding hydrogens is 356 g/mol. The molecule has 1 amide bonds. The Bertz CT molecular complexity index is 924. The lowest BCUT2D eigenvalue weighted by Crippen LogP contribution is -2.24. The predicted octanol–water partition coefficient (Wildman–Crippen LogP) is 4.05. The molecule has 0 aliphatic heterocycles. The van der Waals surface area contributed by atoms with Crippen molar-refractivity contribution in [2.24, 2.45) is 0 Å². The van der Waals surface area contributed by atoms with Gasteiger partial charge < -0.3 is 5.32 Å². The number of carbonyl (C=O) groups excluding carboxylic acids is 1. The van der Waals surface area contributed by atoms with Gasteiger partial charge in [0, 0.05) is 17.7 Å². The maximum atomic E-state index is 11.7. The van der Waals surface area contributed by atoms with E-state index in [9.17, 15) is 4.79 Å². The van der Waals surface area contributed by atoms with Gasteiger partial charge in [0.2, 0.25) is 11.1 Å². The smallest absolute Gasteiger partial charge is 0.230 e.